The van der Waals surface area contributed by atoms with E-state index in [2.05, 4.69) is 41.0 Å². The number of benzene rings is 1. The Morgan fingerprint density at radius 3 is 2.53 bits per heavy atom. The molecular formula is C14H17BrN2O2. The maximum Gasteiger partial charge on any atom is 0.222 e. The molecule has 0 bridgehead atoms. The van der Waals surface area contributed by atoms with E-state index in [1.807, 2.05) is 6.92 Å². The number of hydrogen-bond donors (Lipinski definition) is 1. The number of hydrogen-bond acceptors (Lipinski definition) is 4. The van der Waals surface area contributed by atoms with Crippen LogP contribution in [0.1, 0.15) is 30.9 Å². The molecule has 0 atom stereocenters. The van der Waals surface area contributed by atoms with Crippen molar-refractivity contribution in [1.29, 1.82) is 0 Å². The molecule has 2 rings (SSSR count). The number of ether oxygens (including phenoxy) is 1. The van der Waals surface area contributed by atoms with Gasteiger partial charge in [0.25, 0.3) is 0 Å². The minimum absolute atomic E-state index is 0.294. The summed E-state index contributed by atoms with van der Waals surface area (Å²) in [6.07, 6.45) is 0. The van der Waals surface area contributed by atoms with Crippen LogP contribution < -0.4 is 10.5 Å². The Balaban J connectivity index is 2.77. The summed E-state index contributed by atoms with van der Waals surface area (Å²) < 4.78 is 11.6. The molecule has 5 heteroatoms. The number of rotatable bonds is 3. The number of nitrogens with two attached hydrogens (primary N) is 1. The van der Waals surface area contributed by atoms with Gasteiger partial charge in [0.2, 0.25) is 5.88 Å². The molecule has 0 saturated heterocycles. The van der Waals surface area contributed by atoms with Crippen LogP contribution in [0.25, 0.3) is 11.3 Å². The summed E-state index contributed by atoms with van der Waals surface area (Å²) in [5.41, 5.74) is 9.39. The number of nitrogens with zero attached hydrogens (tertiary/aromatic N) is 1. The van der Waals surface area contributed by atoms with E-state index in [4.69, 9.17) is 15.0 Å². The fraction of sp³-hybridized carbons (Fsp3) is 0.357. The van der Waals surface area contributed by atoms with Gasteiger partial charge >= 0.3 is 0 Å². The zero-order valence-electron chi connectivity index (χ0n) is 11.5. The van der Waals surface area contributed by atoms with Crippen LogP contribution >= 0.6 is 15.9 Å². The smallest absolute Gasteiger partial charge is 0.222 e. The molecule has 1 heterocycles. The molecule has 2 N–H and O–H groups in total. The average Bonchev–Trinajstić information content (AvgIpc) is 2.77. The summed E-state index contributed by atoms with van der Waals surface area (Å²) >= 11 is 3.59. The van der Waals surface area contributed by atoms with Gasteiger partial charge in [0, 0.05) is 10.5 Å². The first kappa shape index (κ1) is 13.9. The van der Waals surface area contributed by atoms with E-state index >= 15 is 0 Å². The lowest BCUT2D eigenvalue weighted by Gasteiger charge is -2.18. The van der Waals surface area contributed by atoms with Gasteiger partial charge in [-0.1, -0.05) is 34.9 Å². The van der Waals surface area contributed by atoms with Crippen LogP contribution in [0.4, 0.5) is 5.88 Å². The first-order valence-corrected chi connectivity index (χ1v) is 6.84. The van der Waals surface area contributed by atoms with Crippen LogP contribution in [0.3, 0.4) is 0 Å². The number of anilines is 1. The van der Waals surface area contributed by atoms with Gasteiger partial charge in [-0.25, -0.2) is 0 Å². The third-order valence-electron chi connectivity index (χ3n) is 3.12. The molecule has 19 heavy (non-hydrogen) atoms. The van der Waals surface area contributed by atoms with Gasteiger partial charge in [-0.2, -0.15) is 0 Å². The lowest BCUT2D eigenvalue weighted by molar-refractivity contribution is 0.407. The SMILES string of the molecule is COc1c(C(C)C)cc(Br)c(C)c1-c1cc(N)on1. The van der Waals surface area contributed by atoms with Crippen molar-refractivity contribution in [1.82, 2.24) is 5.16 Å². The van der Waals surface area contributed by atoms with Gasteiger partial charge in [0.1, 0.15) is 11.4 Å². The Morgan fingerprint density at radius 1 is 1.37 bits per heavy atom. The van der Waals surface area contributed by atoms with Crippen molar-refractivity contribution < 1.29 is 9.26 Å². The molecule has 4 nitrogen and oxygen atoms in total. The van der Waals surface area contributed by atoms with Gasteiger partial charge in [-0.15, -0.1) is 0 Å². The third kappa shape index (κ3) is 2.47. The molecule has 0 saturated carbocycles. The van der Waals surface area contributed by atoms with E-state index in [-0.39, 0.29) is 0 Å². The molecule has 0 aliphatic heterocycles. The van der Waals surface area contributed by atoms with Crippen LogP contribution in [0.5, 0.6) is 5.75 Å². The van der Waals surface area contributed by atoms with E-state index in [9.17, 15) is 0 Å². The fourth-order valence-electron chi connectivity index (χ4n) is 2.11. The number of methoxy groups -OCH3 is 1. The Labute approximate surface area is 121 Å². The lowest BCUT2D eigenvalue weighted by atomic mass is 9.94. The van der Waals surface area contributed by atoms with Crippen LogP contribution in [0.2, 0.25) is 0 Å². The Morgan fingerprint density at radius 2 is 2.05 bits per heavy atom. The highest BCUT2D eigenvalue weighted by Gasteiger charge is 2.21. The molecule has 1 aromatic heterocycles. The van der Waals surface area contributed by atoms with Crippen LogP contribution in [-0.2, 0) is 0 Å². The van der Waals surface area contributed by atoms with E-state index < -0.39 is 0 Å². The molecule has 2 aromatic rings. The summed E-state index contributed by atoms with van der Waals surface area (Å²) in [5.74, 6) is 1.46. The molecular weight excluding hydrogens is 308 g/mol. The summed E-state index contributed by atoms with van der Waals surface area (Å²) in [5, 5.41) is 4.00. The zero-order chi connectivity index (χ0) is 14.2. The molecule has 0 spiro atoms. The highest BCUT2D eigenvalue weighted by molar-refractivity contribution is 9.10. The van der Waals surface area contributed by atoms with Crippen LogP contribution in [0.15, 0.2) is 21.1 Å². The van der Waals surface area contributed by atoms with Crippen molar-refractivity contribution in [3.63, 3.8) is 0 Å². The second-order valence-electron chi connectivity index (χ2n) is 4.75. The van der Waals surface area contributed by atoms with Gasteiger partial charge in [-0.05, 0) is 30.0 Å². The van der Waals surface area contributed by atoms with E-state index in [1.54, 1.807) is 13.2 Å². The molecule has 0 aliphatic rings. The zero-order valence-corrected chi connectivity index (χ0v) is 13.0. The van der Waals surface area contributed by atoms with Crippen molar-refractivity contribution in [2.75, 3.05) is 12.8 Å². The maximum atomic E-state index is 5.61. The minimum atomic E-state index is 0.294. The Kier molecular flexibility index (Phi) is 3.85. The second kappa shape index (κ2) is 5.25. The first-order chi connectivity index (χ1) is 8.95. The molecule has 0 unspecified atom stereocenters. The van der Waals surface area contributed by atoms with Gasteiger partial charge in [-0.3, -0.25) is 0 Å². The maximum absolute atomic E-state index is 5.61. The Bertz CT molecular complexity index is 606. The van der Waals surface area contributed by atoms with Crippen molar-refractivity contribution in [3.8, 4) is 17.0 Å². The molecule has 102 valence electrons. The molecule has 0 radical (unpaired) electrons. The predicted octanol–water partition coefficient (Wildman–Crippen LogP) is 4.13. The highest BCUT2D eigenvalue weighted by Crippen LogP contribution is 2.42. The topological polar surface area (TPSA) is 61.3 Å². The third-order valence-corrected chi connectivity index (χ3v) is 3.94. The second-order valence-corrected chi connectivity index (χ2v) is 5.60. The number of nitrogen functional groups attached to an aromatic ring is 1. The fourth-order valence-corrected chi connectivity index (χ4v) is 2.55. The quantitative estimate of drug-likeness (QED) is 0.922. The molecule has 0 aliphatic carbocycles. The normalized spacial score (nSPS) is 11.1. The van der Waals surface area contributed by atoms with Crippen molar-refractivity contribution in [2.45, 2.75) is 26.7 Å². The first-order valence-electron chi connectivity index (χ1n) is 6.05. The molecule has 0 fully saturated rings. The molecule has 0 amide bonds. The van der Waals surface area contributed by atoms with Crippen molar-refractivity contribution in [3.05, 3.63) is 27.7 Å². The summed E-state index contributed by atoms with van der Waals surface area (Å²) in [4.78, 5) is 0. The van der Waals surface area contributed by atoms with E-state index in [0.717, 1.165) is 26.9 Å². The highest BCUT2D eigenvalue weighted by atomic mass is 79.9. The van der Waals surface area contributed by atoms with Gasteiger partial charge < -0.3 is 15.0 Å². The summed E-state index contributed by atoms with van der Waals surface area (Å²) in [6.45, 7) is 6.26. The van der Waals surface area contributed by atoms with Crippen LogP contribution in [-0.4, -0.2) is 12.3 Å². The summed E-state index contributed by atoms with van der Waals surface area (Å²) in [7, 11) is 1.67. The van der Waals surface area contributed by atoms with E-state index in [1.165, 1.54) is 0 Å². The number of halogens is 1. The standard InChI is InChI=1S/C14H17BrN2O2/c1-7(2)9-5-10(15)8(3)13(14(9)18-4)11-6-12(16)19-17-11/h5-7H,16H2,1-4H3. The monoisotopic (exact) mass is 324 g/mol. The number of aromatic nitrogens is 1. The minimum Gasteiger partial charge on any atom is -0.496 e. The van der Waals surface area contributed by atoms with E-state index in [0.29, 0.717) is 17.5 Å². The van der Waals surface area contributed by atoms with Crippen molar-refractivity contribution >= 4 is 21.8 Å². The average molecular weight is 325 g/mol. The van der Waals surface area contributed by atoms with Gasteiger partial charge in [0.15, 0.2) is 0 Å². The van der Waals surface area contributed by atoms with Crippen LogP contribution in [0, 0.1) is 6.92 Å². The lowest BCUT2D eigenvalue weighted by Crippen LogP contribution is -2.00. The largest absolute Gasteiger partial charge is 0.496 e. The predicted molar refractivity (Wildman–Crippen MR) is 79.4 cm³/mol. The van der Waals surface area contributed by atoms with Gasteiger partial charge in [0.05, 0.1) is 12.7 Å². The Hall–Kier alpha value is -1.49. The summed E-state index contributed by atoms with van der Waals surface area (Å²) in [6, 6.07) is 3.80. The van der Waals surface area contributed by atoms with Crippen molar-refractivity contribution in [2.24, 2.45) is 0 Å². The molecule has 1 aromatic carbocycles.